The first-order chi connectivity index (χ1) is 13.3. The first-order valence-electron chi connectivity index (χ1n) is 8.23. The average molecular weight is 419 g/mol. The molecule has 0 aromatic carbocycles. The van der Waals surface area contributed by atoms with Gasteiger partial charge < -0.3 is 4.52 Å². The number of hydrazine groups is 1. The molecule has 5 rings (SSSR count). The van der Waals surface area contributed by atoms with Gasteiger partial charge in [-0.3, -0.25) is 9.80 Å². The van der Waals surface area contributed by atoms with E-state index in [0.29, 0.717) is 29.1 Å². The molecule has 2 aliphatic heterocycles. The number of carbonyl (C=O) groups excluding carboxylic acids is 1. The number of aromatic nitrogens is 2. The monoisotopic (exact) mass is 418 g/mol. The van der Waals surface area contributed by atoms with Gasteiger partial charge in [0, 0.05) is 11.3 Å². The van der Waals surface area contributed by atoms with Crippen LogP contribution in [0.25, 0.3) is 10.7 Å². The van der Waals surface area contributed by atoms with Crippen LogP contribution in [0.3, 0.4) is 0 Å². The molecule has 1 fully saturated rings. The van der Waals surface area contributed by atoms with Crippen molar-refractivity contribution in [1.82, 2.24) is 26.0 Å². The molecule has 0 radical (unpaired) electrons. The molecule has 1 saturated heterocycles. The third-order valence-corrected chi connectivity index (χ3v) is 7.05. The topological polar surface area (TPSA) is 95.7 Å². The van der Waals surface area contributed by atoms with E-state index in [4.69, 9.17) is 4.52 Å². The lowest BCUT2D eigenvalue weighted by Crippen LogP contribution is -2.52. The summed E-state index contributed by atoms with van der Waals surface area (Å²) in [5, 5.41) is 14.8. The van der Waals surface area contributed by atoms with Crippen LogP contribution in [0.1, 0.15) is 23.2 Å². The summed E-state index contributed by atoms with van der Waals surface area (Å²) in [4.78, 5) is 18.8. The molecule has 0 aliphatic carbocycles. The molecular weight excluding hydrogens is 404 g/mol. The Hall–Kier alpha value is -2.21. The van der Waals surface area contributed by atoms with Crippen molar-refractivity contribution < 1.29 is 9.32 Å². The Morgan fingerprint density at radius 1 is 1.30 bits per heavy atom. The highest BCUT2D eigenvalue weighted by Gasteiger charge is 2.42. The van der Waals surface area contributed by atoms with Crippen molar-refractivity contribution in [3.63, 3.8) is 0 Å². The Bertz CT molecular complexity index is 968. The van der Waals surface area contributed by atoms with E-state index in [-0.39, 0.29) is 18.0 Å². The molecule has 11 heteroatoms. The summed E-state index contributed by atoms with van der Waals surface area (Å²) in [6.07, 6.45) is 0.703. The van der Waals surface area contributed by atoms with Gasteiger partial charge in [-0.15, -0.1) is 27.8 Å². The molecule has 5 heterocycles. The van der Waals surface area contributed by atoms with Crippen LogP contribution >= 0.6 is 34.4 Å². The lowest BCUT2D eigenvalue weighted by molar-refractivity contribution is -0.125. The Balaban J connectivity index is 1.28. The molecule has 0 spiro atoms. The molecule has 1 amide bonds. The summed E-state index contributed by atoms with van der Waals surface area (Å²) >= 11 is 4.69. The van der Waals surface area contributed by atoms with Crippen LogP contribution in [-0.2, 0) is 10.5 Å². The Kier molecular flexibility index (Phi) is 4.44. The maximum absolute atomic E-state index is 12.2. The Labute approximate surface area is 166 Å². The number of hydrogen-bond donors (Lipinski definition) is 2. The lowest BCUT2D eigenvalue weighted by atomic mass is 10.1. The number of nitrogens with zero attached hydrogens (tertiary/aromatic N) is 4. The first-order valence-corrected chi connectivity index (χ1v) is 11.0. The van der Waals surface area contributed by atoms with Crippen molar-refractivity contribution in [2.75, 3.05) is 0 Å². The predicted molar refractivity (Wildman–Crippen MR) is 105 cm³/mol. The van der Waals surface area contributed by atoms with E-state index >= 15 is 0 Å². The minimum Gasteiger partial charge on any atom is -0.338 e. The summed E-state index contributed by atoms with van der Waals surface area (Å²) in [6, 6.07) is 7.83. The number of amidine groups is 1. The van der Waals surface area contributed by atoms with E-state index in [0.717, 1.165) is 4.88 Å². The number of nitrogens with one attached hydrogen (secondary N) is 2. The molecule has 0 bridgehead atoms. The highest BCUT2D eigenvalue weighted by atomic mass is 32.2. The first kappa shape index (κ1) is 16.9. The Morgan fingerprint density at radius 2 is 2.19 bits per heavy atom. The van der Waals surface area contributed by atoms with Crippen LogP contribution in [0.2, 0.25) is 0 Å². The fourth-order valence-electron chi connectivity index (χ4n) is 3.00. The zero-order chi connectivity index (χ0) is 18.2. The third-order valence-electron chi connectivity index (χ3n) is 4.26. The molecule has 2 atom stereocenters. The van der Waals surface area contributed by atoms with Gasteiger partial charge in [0.1, 0.15) is 6.04 Å². The smallest absolute Gasteiger partial charge is 0.264 e. The highest BCUT2D eigenvalue weighted by molar-refractivity contribution is 8.13. The zero-order valence-corrected chi connectivity index (χ0v) is 16.3. The molecule has 27 heavy (non-hydrogen) atoms. The molecule has 3 aromatic heterocycles. The summed E-state index contributed by atoms with van der Waals surface area (Å²) < 4.78 is 5.34. The molecule has 138 valence electrons. The van der Waals surface area contributed by atoms with E-state index in [1.54, 1.807) is 22.7 Å². The van der Waals surface area contributed by atoms with Gasteiger partial charge in [0.2, 0.25) is 11.7 Å². The van der Waals surface area contributed by atoms with Crippen LogP contribution < -0.4 is 10.9 Å². The van der Waals surface area contributed by atoms with E-state index in [2.05, 4.69) is 32.2 Å². The minimum atomic E-state index is -0.276. The van der Waals surface area contributed by atoms with Crippen molar-refractivity contribution in [1.29, 1.82) is 0 Å². The van der Waals surface area contributed by atoms with Gasteiger partial charge in [-0.05, 0) is 22.9 Å². The molecule has 2 aliphatic rings. The quantitative estimate of drug-likeness (QED) is 0.673. The standard InChI is InChI=1S/C16H14N6O2S3/c23-15-10-7-9(11-3-1-5-25-11)20-22(10)16(19-18-15)27-8-13-17-14(21-24-13)12-4-2-6-26-12/h1-6,9-10,20H,7-8H2,(H,18,23). The van der Waals surface area contributed by atoms with Crippen LogP contribution in [0.15, 0.2) is 44.7 Å². The fourth-order valence-corrected chi connectivity index (χ4v) is 5.23. The van der Waals surface area contributed by atoms with Crippen molar-refractivity contribution in [3.05, 3.63) is 45.8 Å². The van der Waals surface area contributed by atoms with E-state index in [1.807, 2.05) is 34.0 Å². The van der Waals surface area contributed by atoms with E-state index in [1.165, 1.54) is 16.6 Å². The zero-order valence-electron chi connectivity index (χ0n) is 13.9. The number of carbonyl (C=O) groups is 1. The van der Waals surface area contributed by atoms with Crippen LogP contribution in [0.4, 0.5) is 0 Å². The summed E-state index contributed by atoms with van der Waals surface area (Å²) in [5.74, 6) is 1.49. The van der Waals surface area contributed by atoms with Crippen LogP contribution in [0, 0.1) is 0 Å². The van der Waals surface area contributed by atoms with E-state index in [9.17, 15) is 4.79 Å². The van der Waals surface area contributed by atoms with Gasteiger partial charge in [-0.25, -0.2) is 10.9 Å². The normalized spacial score (nSPS) is 21.9. The maximum atomic E-state index is 12.2. The summed E-state index contributed by atoms with van der Waals surface area (Å²) in [6.45, 7) is 0. The molecular formula is C16H14N6O2S3. The number of thiophene rings is 2. The van der Waals surface area contributed by atoms with Gasteiger partial charge in [0.25, 0.3) is 5.91 Å². The summed E-state index contributed by atoms with van der Waals surface area (Å²) in [5.41, 5.74) is 6.02. The van der Waals surface area contributed by atoms with Crippen molar-refractivity contribution in [2.24, 2.45) is 5.10 Å². The summed E-state index contributed by atoms with van der Waals surface area (Å²) in [7, 11) is 0. The molecule has 0 saturated carbocycles. The second kappa shape index (κ2) is 7.08. The van der Waals surface area contributed by atoms with Crippen molar-refractivity contribution >= 4 is 45.5 Å². The third kappa shape index (κ3) is 3.27. The molecule has 8 nitrogen and oxygen atoms in total. The highest BCUT2D eigenvalue weighted by Crippen LogP contribution is 2.33. The largest absolute Gasteiger partial charge is 0.338 e. The number of amides is 1. The minimum absolute atomic E-state index is 0.0938. The molecule has 2 N–H and O–H groups in total. The number of hydrazone groups is 1. The van der Waals surface area contributed by atoms with Crippen LogP contribution in [-0.4, -0.2) is 32.3 Å². The molecule has 3 aromatic rings. The number of rotatable bonds is 4. The van der Waals surface area contributed by atoms with E-state index < -0.39 is 0 Å². The fraction of sp³-hybridized carbons (Fsp3) is 0.250. The van der Waals surface area contributed by atoms with Crippen molar-refractivity contribution in [2.45, 2.75) is 24.3 Å². The predicted octanol–water partition coefficient (Wildman–Crippen LogP) is 2.81. The van der Waals surface area contributed by atoms with Gasteiger partial charge in [-0.1, -0.05) is 29.1 Å². The van der Waals surface area contributed by atoms with Crippen LogP contribution in [0.5, 0.6) is 0 Å². The second-order valence-corrected chi connectivity index (χ2v) is 8.84. The van der Waals surface area contributed by atoms with Gasteiger partial charge >= 0.3 is 0 Å². The van der Waals surface area contributed by atoms with Crippen molar-refractivity contribution in [3.8, 4) is 10.7 Å². The molecule has 2 unspecified atom stereocenters. The lowest BCUT2D eigenvalue weighted by Gasteiger charge is -2.28. The number of fused-ring (bicyclic) bond motifs is 1. The van der Waals surface area contributed by atoms with Gasteiger partial charge in [0.15, 0.2) is 5.17 Å². The SMILES string of the molecule is O=C1NN=C(SCc2nc(-c3cccs3)no2)N2NC(c3cccs3)CC12. The average Bonchev–Trinajstić information content (AvgIpc) is 3.48. The second-order valence-electron chi connectivity index (χ2n) is 5.97. The number of thioether (sulfide) groups is 1. The number of hydrogen-bond acceptors (Lipinski definition) is 10. The maximum Gasteiger partial charge on any atom is 0.264 e. The Morgan fingerprint density at radius 3 is 3.00 bits per heavy atom. The van der Waals surface area contributed by atoms with Gasteiger partial charge in [0.05, 0.1) is 16.7 Å². The van der Waals surface area contributed by atoms with Gasteiger partial charge in [-0.2, -0.15) is 4.98 Å².